The molecule has 3 N–H and O–H groups in total. The average molecular weight is 488 g/mol. The number of primary amides is 1. The number of carbonyl (C=O) groups excluding carboxylic acids is 1. The topological polar surface area (TPSA) is 90.4 Å². The SMILES string of the molecule is NC(=O)c1cn(C[C@@H](O)CCCc2ccccc2OCc2ccc(Sc3ccccc3)cc2)cn1. The summed E-state index contributed by atoms with van der Waals surface area (Å²) in [5.74, 6) is 0.294. The molecule has 0 bridgehead atoms. The molecular formula is C28H29N3O3S. The number of aliphatic hydroxyl groups is 1. The number of rotatable bonds is 12. The molecule has 0 saturated carbocycles. The number of aromatic nitrogens is 2. The molecule has 1 heterocycles. The van der Waals surface area contributed by atoms with Crippen LogP contribution in [0, 0.1) is 0 Å². The molecule has 0 spiro atoms. The maximum Gasteiger partial charge on any atom is 0.268 e. The Morgan fingerprint density at radius 3 is 2.46 bits per heavy atom. The minimum absolute atomic E-state index is 0.202. The Hall–Kier alpha value is -3.55. The van der Waals surface area contributed by atoms with E-state index in [1.54, 1.807) is 22.5 Å². The first-order chi connectivity index (χ1) is 17.1. The summed E-state index contributed by atoms with van der Waals surface area (Å²) in [6.45, 7) is 0.871. The van der Waals surface area contributed by atoms with Gasteiger partial charge in [-0.3, -0.25) is 4.79 Å². The van der Waals surface area contributed by atoms with Crippen molar-refractivity contribution in [1.29, 1.82) is 0 Å². The highest BCUT2D eigenvalue weighted by Gasteiger charge is 2.10. The molecule has 0 aliphatic heterocycles. The highest BCUT2D eigenvalue weighted by Crippen LogP contribution is 2.28. The van der Waals surface area contributed by atoms with E-state index in [1.165, 1.54) is 16.1 Å². The molecule has 7 heteroatoms. The van der Waals surface area contributed by atoms with E-state index in [0.29, 0.717) is 19.6 Å². The second kappa shape index (κ2) is 12.2. The minimum atomic E-state index is -0.572. The second-order valence-electron chi connectivity index (χ2n) is 8.32. The summed E-state index contributed by atoms with van der Waals surface area (Å²) in [6.07, 6.45) is 4.77. The lowest BCUT2D eigenvalue weighted by atomic mass is 10.0. The second-order valence-corrected chi connectivity index (χ2v) is 9.47. The number of hydrogen-bond donors (Lipinski definition) is 2. The number of para-hydroxylation sites is 1. The van der Waals surface area contributed by atoms with Gasteiger partial charge >= 0.3 is 0 Å². The predicted octanol–water partition coefficient (Wildman–Crippen LogP) is 5.10. The third-order valence-electron chi connectivity index (χ3n) is 5.56. The Labute approximate surface area is 209 Å². The number of carbonyl (C=O) groups is 1. The normalized spacial score (nSPS) is 11.8. The van der Waals surface area contributed by atoms with Crippen molar-refractivity contribution >= 4 is 17.7 Å². The fourth-order valence-corrected chi connectivity index (χ4v) is 4.58. The van der Waals surface area contributed by atoms with Crippen molar-refractivity contribution in [3.8, 4) is 5.75 Å². The number of nitrogens with zero attached hydrogens (tertiary/aromatic N) is 2. The summed E-state index contributed by atoms with van der Waals surface area (Å²) in [5, 5.41) is 10.4. The zero-order valence-corrected chi connectivity index (χ0v) is 20.2. The summed E-state index contributed by atoms with van der Waals surface area (Å²) in [7, 11) is 0. The highest BCUT2D eigenvalue weighted by molar-refractivity contribution is 7.99. The van der Waals surface area contributed by atoms with Crippen LogP contribution in [0.2, 0.25) is 0 Å². The molecule has 6 nitrogen and oxygen atoms in total. The third-order valence-corrected chi connectivity index (χ3v) is 6.58. The number of amides is 1. The van der Waals surface area contributed by atoms with E-state index in [-0.39, 0.29) is 5.69 Å². The van der Waals surface area contributed by atoms with Crippen LogP contribution < -0.4 is 10.5 Å². The van der Waals surface area contributed by atoms with Crippen LogP contribution in [0.4, 0.5) is 0 Å². The van der Waals surface area contributed by atoms with Crippen molar-refractivity contribution in [2.75, 3.05) is 0 Å². The van der Waals surface area contributed by atoms with Crippen LogP contribution >= 0.6 is 11.8 Å². The number of ether oxygens (including phenoxy) is 1. The zero-order chi connectivity index (χ0) is 24.5. The van der Waals surface area contributed by atoms with Gasteiger partial charge in [-0.1, -0.05) is 60.3 Å². The minimum Gasteiger partial charge on any atom is -0.489 e. The van der Waals surface area contributed by atoms with Gasteiger partial charge in [0, 0.05) is 22.5 Å². The summed E-state index contributed by atoms with van der Waals surface area (Å²) >= 11 is 1.74. The van der Waals surface area contributed by atoms with E-state index >= 15 is 0 Å². The summed E-state index contributed by atoms with van der Waals surface area (Å²) < 4.78 is 7.82. The number of hydrogen-bond acceptors (Lipinski definition) is 5. The molecule has 0 aliphatic rings. The molecule has 0 radical (unpaired) electrons. The lowest BCUT2D eigenvalue weighted by Gasteiger charge is -2.14. The average Bonchev–Trinajstić information content (AvgIpc) is 3.34. The van der Waals surface area contributed by atoms with Crippen molar-refractivity contribution < 1.29 is 14.6 Å². The Bertz CT molecular complexity index is 1230. The fourth-order valence-electron chi connectivity index (χ4n) is 3.74. The molecule has 1 aromatic heterocycles. The van der Waals surface area contributed by atoms with Gasteiger partial charge in [0.15, 0.2) is 0 Å². The number of benzene rings is 3. The number of aryl methyl sites for hydroxylation is 1. The van der Waals surface area contributed by atoms with Gasteiger partial charge in [-0.2, -0.15) is 0 Å². The van der Waals surface area contributed by atoms with Gasteiger partial charge in [0.2, 0.25) is 0 Å². The summed E-state index contributed by atoms with van der Waals surface area (Å²) in [5.41, 5.74) is 7.66. The maximum atomic E-state index is 11.2. The Kier molecular flexibility index (Phi) is 8.59. The van der Waals surface area contributed by atoms with Crippen molar-refractivity contribution in [2.45, 2.75) is 48.3 Å². The van der Waals surface area contributed by atoms with Crippen LogP contribution in [-0.2, 0) is 19.6 Å². The third kappa shape index (κ3) is 7.47. The Morgan fingerprint density at radius 1 is 1.00 bits per heavy atom. The van der Waals surface area contributed by atoms with E-state index in [0.717, 1.165) is 29.7 Å². The van der Waals surface area contributed by atoms with E-state index in [9.17, 15) is 9.90 Å². The molecule has 180 valence electrons. The van der Waals surface area contributed by atoms with Crippen LogP contribution in [0.25, 0.3) is 0 Å². The van der Waals surface area contributed by atoms with Crippen molar-refractivity contribution in [3.05, 3.63) is 108 Å². The smallest absolute Gasteiger partial charge is 0.268 e. The molecule has 0 saturated heterocycles. The van der Waals surface area contributed by atoms with E-state index < -0.39 is 12.0 Å². The molecule has 0 unspecified atom stereocenters. The van der Waals surface area contributed by atoms with Crippen molar-refractivity contribution in [1.82, 2.24) is 9.55 Å². The molecule has 35 heavy (non-hydrogen) atoms. The lowest BCUT2D eigenvalue weighted by Crippen LogP contribution is -2.15. The van der Waals surface area contributed by atoms with Gasteiger partial charge in [-0.15, -0.1) is 0 Å². The van der Waals surface area contributed by atoms with Gasteiger partial charge < -0.3 is 20.1 Å². The zero-order valence-electron chi connectivity index (χ0n) is 19.4. The fraction of sp³-hybridized carbons (Fsp3) is 0.214. The Balaban J connectivity index is 1.25. The van der Waals surface area contributed by atoms with Crippen LogP contribution in [0.15, 0.2) is 101 Å². The maximum absolute atomic E-state index is 11.2. The van der Waals surface area contributed by atoms with Gasteiger partial charge in [-0.25, -0.2) is 4.98 Å². The van der Waals surface area contributed by atoms with E-state index in [2.05, 4.69) is 47.4 Å². The monoisotopic (exact) mass is 487 g/mol. The predicted molar refractivity (Wildman–Crippen MR) is 137 cm³/mol. The molecule has 1 atom stereocenters. The number of nitrogens with two attached hydrogens (primary N) is 1. The lowest BCUT2D eigenvalue weighted by molar-refractivity contribution is 0.0995. The van der Waals surface area contributed by atoms with Gasteiger partial charge in [-0.05, 0) is 60.7 Å². The van der Waals surface area contributed by atoms with E-state index in [4.69, 9.17) is 10.5 Å². The molecule has 4 rings (SSSR count). The Morgan fingerprint density at radius 2 is 1.71 bits per heavy atom. The standard InChI is InChI=1S/C28H29N3O3S/c29-28(33)26-18-31(20-30-26)17-23(32)9-6-8-22-7-4-5-12-27(22)34-19-21-13-15-25(16-14-21)35-24-10-2-1-3-11-24/h1-5,7,10-16,18,20,23,32H,6,8-9,17,19H2,(H2,29,33)/t23-/m0/s1. The molecule has 1 amide bonds. The van der Waals surface area contributed by atoms with Gasteiger partial charge in [0.05, 0.1) is 12.4 Å². The number of imidazole rings is 1. The molecule has 3 aromatic carbocycles. The van der Waals surface area contributed by atoms with Gasteiger partial charge in [0.1, 0.15) is 18.1 Å². The van der Waals surface area contributed by atoms with Gasteiger partial charge in [0.25, 0.3) is 5.91 Å². The quantitative estimate of drug-likeness (QED) is 0.290. The molecule has 0 fully saturated rings. The summed E-state index contributed by atoms with van der Waals surface area (Å²) in [6, 6.07) is 26.8. The number of aliphatic hydroxyl groups excluding tert-OH is 1. The summed E-state index contributed by atoms with van der Waals surface area (Å²) in [4.78, 5) is 17.5. The molecular weight excluding hydrogens is 458 g/mol. The van der Waals surface area contributed by atoms with Crippen molar-refractivity contribution in [3.63, 3.8) is 0 Å². The first-order valence-corrected chi connectivity index (χ1v) is 12.4. The van der Waals surface area contributed by atoms with Crippen molar-refractivity contribution in [2.24, 2.45) is 5.73 Å². The van der Waals surface area contributed by atoms with Crippen LogP contribution in [0.5, 0.6) is 5.75 Å². The first kappa shape index (κ1) is 24.6. The largest absolute Gasteiger partial charge is 0.489 e. The van der Waals surface area contributed by atoms with Crippen LogP contribution in [-0.4, -0.2) is 26.7 Å². The first-order valence-electron chi connectivity index (χ1n) is 11.6. The highest BCUT2D eigenvalue weighted by atomic mass is 32.2. The van der Waals surface area contributed by atoms with Crippen LogP contribution in [0.1, 0.15) is 34.5 Å². The molecule has 0 aliphatic carbocycles. The van der Waals surface area contributed by atoms with E-state index in [1.807, 2.05) is 36.4 Å². The van der Waals surface area contributed by atoms with Crippen LogP contribution in [0.3, 0.4) is 0 Å². The molecule has 4 aromatic rings.